The maximum Gasteiger partial charge on any atom is 0.245 e. The van der Waals surface area contributed by atoms with Crippen LogP contribution in [0.15, 0.2) is 18.2 Å². The maximum absolute atomic E-state index is 12.4. The molecule has 1 aromatic carbocycles. The highest BCUT2D eigenvalue weighted by molar-refractivity contribution is 5.88. The van der Waals surface area contributed by atoms with Gasteiger partial charge in [0.1, 0.15) is 11.8 Å². The molecule has 1 atom stereocenters. The van der Waals surface area contributed by atoms with Gasteiger partial charge in [0.05, 0.1) is 31.7 Å². The number of nitrogens with one attached hydrogen (secondary N) is 1. The van der Waals surface area contributed by atoms with Crippen molar-refractivity contribution >= 4 is 17.3 Å². The van der Waals surface area contributed by atoms with Gasteiger partial charge in [0.25, 0.3) is 0 Å². The van der Waals surface area contributed by atoms with E-state index >= 15 is 0 Å². The molecule has 114 valence electrons. The fourth-order valence-corrected chi connectivity index (χ4v) is 2.60. The molecule has 0 aromatic heterocycles. The van der Waals surface area contributed by atoms with Gasteiger partial charge >= 0.3 is 0 Å². The standard InChI is InChI=1S/C15H21N3O3/c1-20-13-4-2-3-11(14(13)16)18-7-8-21-9-12(18)15(19)17-10-5-6-10/h2-4,10,12H,5-9,16H2,1H3,(H,17,19). The first-order valence-corrected chi connectivity index (χ1v) is 7.28. The smallest absolute Gasteiger partial charge is 0.245 e. The van der Waals surface area contributed by atoms with Gasteiger partial charge in [-0.05, 0) is 25.0 Å². The zero-order chi connectivity index (χ0) is 14.8. The highest BCUT2D eigenvalue weighted by Gasteiger charge is 2.34. The Kier molecular flexibility index (Phi) is 3.88. The van der Waals surface area contributed by atoms with Crippen molar-refractivity contribution in [2.75, 3.05) is 37.5 Å². The number of anilines is 2. The number of nitrogens with zero attached hydrogens (tertiary/aromatic N) is 1. The molecule has 0 radical (unpaired) electrons. The monoisotopic (exact) mass is 291 g/mol. The van der Waals surface area contributed by atoms with E-state index < -0.39 is 0 Å². The fraction of sp³-hybridized carbons (Fsp3) is 0.533. The number of hydrogen-bond donors (Lipinski definition) is 2. The second-order valence-corrected chi connectivity index (χ2v) is 5.46. The van der Waals surface area contributed by atoms with Crippen molar-refractivity contribution in [1.29, 1.82) is 0 Å². The summed E-state index contributed by atoms with van der Waals surface area (Å²) in [6.45, 7) is 1.61. The van der Waals surface area contributed by atoms with Gasteiger partial charge in [-0.25, -0.2) is 0 Å². The van der Waals surface area contributed by atoms with Gasteiger partial charge in [0.2, 0.25) is 5.91 Å². The molecule has 3 N–H and O–H groups in total. The molecule has 21 heavy (non-hydrogen) atoms. The molecule has 0 bridgehead atoms. The van der Waals surface area contributed by atoms with Crippen LogP contribution in [0.3, 0.4) is 0 Å². The molecule has 1 amide bonds. The number of nitrogen functional groups attached to an aromatic ring is 1. The molecule has 1 aliphatic heterocycles. The number of para-hydroxylation sites is 1. The first-order chi connectivity index (χ1) is 10.2. The number of amides is 1. The van der Waals surface area contributed by atoms with Gasteiger partial charge < -0.3 is 25.4 Å². The minimum absolute atomic E-state index is 0.0134. The van der Waals surface area contributed by atoms with Gasteiger partial charge in [-0.1, -0.05) is 6.07 Å². The van der Waals surface area contributed by atoms with E-state index in [1.165, 1.54) is 0 Å². The zero-order valence-electron chi connectivity index (χ0n) is 12.2. The van der Waals surface area contributed by atoms with Crippen LogP contribution in [0, 0.1) is 0 Å². The van der Waals surface area contributed by atoms with Gasteiger partial charge in [-0.3, -0.25) is 4.79 Å². The summed E-state index contributed by atoms with van der Waals surface area (Å²) in [4.78, 5) is 14.4. The summed E-state index contributed by atoms with van der Waals surface area (Å²) in [5, 5.41) is 3.04. The molecule has 0 spiro atoms. The van der Waals surface area contributed by atoms with Gasteiger partial charge in [-0.15, -0.1) is 0 Å². The molecule has 1 unspecified atom stereocenters. The van der Waals surface area contributed by atoms with Crippen LogP contribution in [0.5, 0.6) is 5.75 Å². The van der Waals surface area contributed by atoms with Crippen molar-refractivity contribution in [3.8, 4) is 5.75 Å². The van der Waals surface area contributed by atoms with Crippen LogP contribution in [0.25, 0.3) is 0 Å². The molecule has 3 rings (SSSR count). The van der Waals surface area contributed by atoms with Crippen LogP contribution in [0.2, 0.25) is 0 Å². The number of ether oxygens (including phenoxy) is 2. The van der Waals surface area contributed by atoms with Crippen LogP contribution >= 0.6 is 0 Å². The Bertz CT molecular complexity index is 531. The number of carbonyl (C=O) groups is 1. The summed E-state index contributed by atoms with van der Waals surface area (Å²) in [5.41, 5.74) is 7.55. The van der Waals surface area contributed by atoms with Gasteiger partial charge in [0.15, 0.2) is 0 Å². The van der Waals surface area contributed by atoms with E-state index in [0.29, 0.717) is 37.2 Å². The molecular formula is C15H21N3O3. The fourth-order valence-electron chi connectivity index (χ4n) is 2.60. The van der Waals surface area contributed by atoms with Crippen molar-refractivity contribution in [2.45, 2.75) is 24.9 Å². The van der Waals surface area contributed by atoms with E-state index in [9.17, 15) is 4.79 Å². The van der Waals surface area contributed by atoms with Crippen LogP contribution < -0.4 is 20.7 Å². The summed E-state index contributed by atoms with van der Waals surface area (Å²) in [7, 11) is 1.59. The third-order valence-electron chi connectivity index (χ3n) is 3.93. The lowest BCUT2D eigenvalue weighted by atomic mass is 10.1. The van der Waals surface area contributed by atoms with Crippen LogP contribution in [0.4, 0.5) is 11.4 Å². The summed E-state index contributed by atoms with van der Waals surface area (Å²) >= 11 is 0. The number of morpholine rings is 1. The molecule has 1 saturated heterocycles. The predicted molar refractivity (Wildman–Crippen MR) is 80.5 cm³/mol. The highest BCUT2D eigenvalue weighted by atomic mass is 16.5. The molecule has 1 aliphatic carbocycles. The minimum Gasteiger partial charge on any atom is -0.495 e. The average molecular weight is 291 g/mol. The van der Waals surface area contributed by atoms with Crippen LogP contribution in [-0.2, 0) is 9.53 Å². The SMILES string of the molecule is COc1cccc(N2CCOCC2C(=O)NC2CC2)c1N. The van der Waals surface area contributed by atoms with Crippen molar-refractivity contribution in [2.24, 2.45) is 0 Å². The summed E-state index contributed by atoms with van der Waals surface area (Å²) in [6, 6.07) is 5.62. The van der Waals surface area contributed by atoms with Gasteiger partial charge in [-0.2, -0.15) is 0 Å². The van der Waals surface area contributed by atoms with E-state index in [1.807, 2.05) is 23.1 Å². The Hall–Kier alpha value is -1.95. The average Bonchev–Trinajstić information content (AvgIpc) is 3.31. The van der Waals surface area contributed by atoms with Crippen molar-refractivity contribution in [3.63, 3.8) is 0 Å². The summed E-state index contributed by atoms with van der Waals surface area (Å²) in [5.74, 6) is 0.639. The Morgan fingerprint density at radius 3 is 3.00 bits per heavy atom. The van der Waals surface area contributed by atoms with E-state index in [2.05, 4.69) is 5.32 Å². The topological polar surface area (TPSA) is 76.8 Å². The highest BCUT2D eigenvalue weighted by Crippen LogP contribution is 2.34. The number of rotatable bonds is 4. The second kappa shape index (κ2) is 5.81. The maximum atomic E-state index is 12.4. The Labute approximate surface area is 124 Å². The van der Waals surface area contributed by atoms with E-state index in [4.69, 9.17) is 15.2 Å². The lowest BCUT2D eigenvalue weighted by Crippen LogP contribution is -2.54. The first kappa shape index (κ1) is 14.0. The third-order valence-corrected chi connectivity index (χ3v) is 3.93. The Morgan fingerprint density at radius 1 is 1.48 bits per heavy atom. The quantitative estimate of drug-likeness (QED) is 0.801. The lowest BCUT2D eigenvalue weighted by molar-refractivity contribution is -0.124. The van der Waals surface area contributed by atoms with Gasteiger partial charge in [0, 0.05) is 12.6 Å². The molecular weight excluding hydrogens is 270 g/mol. The zero-order valence-corrected chi connectivity index (χ0v) is 12.2. The normalized spacial score (nSPS) is 22.0. The number of nitrogens with two attached hydrogens (primary N) is 1. The lowest BCUT2D eigenvalue weighted by Gasteiger charge is -2.37. The summed E-state index contributed by atoms with van der Waals surface area (Å²) in [6.07, 6.45) is 2.14. The number of hydrogen-bond acceptors (Lipinski definition) is 5. The molecule has 6 heteroatoms. The first-order valence-electron chi connectivity index (χ1n) is 7.28. The molecule has 1 heterocycles. The van der Waals surface area contributed by atoms with Crippen LogP contribution in [-0.4, -0.2) is 44.9 Å². The van der Waals surface area contributed by atoms with Crippen LogP contribution in [0.1, 0.15) is 12.8 Å². The van der Waals surface area contributed by atoms with Crippen molar-refractivity contribution in [1.82, 2.24) is 5.32 Å². The number of methoxy groups -OCH3 is 1. The molecule has 2 aliphatic rings. The molecule has 6 nitrogen and oxygen atoms in total. The molecule has 1 saturated carbocycles. The largest absolute Gasteiger partial charge is 0.495 e. The summed E-state index contributed by atoms with van der Waals surface area (Å²) < 4.78 is 10.7. The van der Waals surface area contributed by atoms with Crippen molar-refractivity contribution in [3.05, 3.63) is 18.2 Å². The van der Waals surface area contributed by atoms with E-state index in [1.54, 1.807) is 7.11 Å². The third kappa shape index (κ3) is 2.90. The Morgan fingerprint density at radius 2 is 2.29 bits per heavy atom. The molecule has 2 fully saturated rings. The second-order valence-electron chi connectivity index (χ2n) is 5.46. The number of benzene rings is 1. The molecule has 1 aromatic rings. The van der Waals surface area contributed by atoms with E-state index in [-0.39, 0.29) is 11.9 Å². The van der Waals surface area contributed by atoms with Crippen molar-refractivity contribution < 1.29 is 14.3 Å². The Balaban J connectivity index is 1.84. The number of carbonyl (C=O) groups excluding carboxylic acids is 1. The van der Waals surface area contributed by atoms with E-state index in [0.717, 1.165) is 18.5 Å². The minimum atomic E-state index is -0.339. The predicted octanol–water partition coefficient (Wildman–Crippen LogP) is 0.761.